The number of amides is 1. The minimum Gasteiger partial charge on any atom is -0.317 e. The van der Waals surface area contributed by atoms with Crippen molar-refractivity contribution in [2.45, 2.75) is 13.8 Å². The van der Waals surface area contributed by atoms with Crippen molar-refractivity contribution in [1.29, 1.82) is 0 Å². The molecule has 0 aliphatic carbocycles. The first-order valence-electron chi connectivity index (χ1n) is 8.01. The lowest BCUT2D eigenvalue weighted by molar-refractivity contribution is 0.0954. The van der Waals surface area contributed by atoms with Crippen LogP contribution in [0.3, 0.4) is 0 Å². The highest BCUT2D eigenvalue weighted by Gasteiger charge is 2.12. The quantitative estimate of drug-likeness (QED) is 0.400. The van der Waals surface area contributed by atoms with Crippen LogP contribution < -0.4 is 5.43 Å². The Bertz CT molecular complexity index is 992. The maximum atomic E-state index is 12.2. The van der Waals surface area contributed by atoms with Gasteiger partial charge >= 0.3 is 0 Å². The highest BCUT2D eigenvalue weighted by Crippen LogP contribution is 2.26. The van der Waals surface area contributed by atoms with Gasteiger partial charge in [-0.3, -0.25) is 4.79 Å². The van der Waals surface area contributed by atoms with Crippen LogP contribution in [0.25, 0.3) is 5.69 Å². The zero-order chi connectivity index (χ0) is 18.7. The van der Waals surface area contributed by atoms with Crippen LogP contribution in [0, 0.1) is 13.8 Å². The van der Waals surface area contributed by atoms with Crippen molar-refractivity contribution in [1.82, 2.24) is 9.99 Å². The first-order valence-corrected chi connectivity index (χ1v) is 9.59. The summed E-state index contributed by atoms with van der Waals surface area (Å²) < 4.78 is 3.91. The summed E-state index contributed by atoms with van der Waals surface area (Å²) in [6.45, 7) is 4.08. The lowest BCUT2D eigenvalue weighted by atomic mass is 10.2. The van der Waals surface area contributed by atoms with E-state index in [0.717, 1.165) is 31.6 Å². The number of rotatable bonds is 4. The van der Waals surface area contributed by atoms with Crippen molar-refractivity contribution in [3.8, 4) is 5.69 Å². The van der Waals surface area contributed by atoms with Crippen molar-refractivity contribution in [2.75, 3.05) is 0 Å². The van der Waals surface area contributed by atoms with E-state index in [1.165, 1.54) is 0 Å². The van der Waals surface area contributed by atoms with E-state index in [0.29, 0.717) is 5.56 Å². The zero-order valence-electron chi connectivity index (χ0n) is 14.3. The standard InChI is InChI=1S/C20H17Br2N3O/c1-13-11-15(14(2)25(13)19-10-6-5-9-18(19)22)12-23-24-20(26)16-7-3-4-8-17(16)21/h3-12H,1-2H3,(H,24,26)/b23-12-. The van der Waals surface area contributed by atoms with E-state index in [1.54, 1.807) is 12.3 Å². The van der Waals surface area contributed by atoms with Gasteiger partial charge in [-0.1, -0.05) is 24.3 Å². The van der Waals surface area contributed by atoms with Gasteiger partial charge in [0, 0.05) is 25.9 Å². The normalized spacial score (nSPS) is 11.1. The van der Waals surface area contributed by atoms with Crippen molar-refractivity contribution in [2.24, 2.45) is 5.10 Å². The number of nitrogens with zero attached hydrogens (tertiary/aromatic N) is 2. The number of carbonyl (C=O) groups excluding carboxylic acids is 1. The number of aryl methyl sites for hydroxylation is 1. The van der Waals surface area contributed by atoms with E-state index in [4.69, 9.17) is 0 Å². The van der Waals surface area contributed by atoms with Crippen LogP contribution in [0.5, 0.6) is 0 Å². The lowest BCUT2D eigenvalue weighted by Crippen LogP contribution is -2.18. The van der Waals surface area contributed by atoms with E-state index in [2.05, 4.69) is 53.0 Å². The Morgan fingerprint density at radius 3 is 2.38 bits per heavy atom. The van der Waals surface area contributed by atoms with Gasteiger partial charge in [-0.2, -0.15) is 5.10 Å². The number of aromatic nitrogens is 1. The fourth-order valence-electron chi connectivity index (χ4n) is 2.79. The Kier molecular flexibility index (Phi) is 5.74. The monoisotopic (exact) mass is 473 g/mol. The van der Waals surface area contributed by atoms with Gasteiger partial charge in [0.15, 0.2) is 0 Å². The highest BCUT2D eigenvalue weighted by molar-refractivity contribution is 9.10. The summed E-state index contributed by atoms with van der Waals surface area (Å²) in [6.07, 6.45) is 1.67. The second kappa shape index (κ2) is 8.01. The molecule has 0 bridgehead atoms. The third kappa shape index (κ3) is 3.81. The molecular formula is C20H17Br2N3O. The molecule has 3 aromatic rings. The minimum absolute atomic E-state index is 0.256. The SMILES string of the molecule is Cc1cc(/C=N\NC(=O)c2ccccc2Br)c(C)n1-c1ccccc1Br. The van der Waals surface area contributed by atoms with E-state index < -0.39 is 0 Å². The number of nitrogens with one attached hydrogen (secondary N) is 1. The number of hydrazone groups is 1. The van der Waals surface area contributed by atoms with E-state index in [1.807, 2.05) is 56.3 Å². The minimum atomic E-state index is -0.256. The predicted molar refractivity (Wildman–Crippen MR) is 112 cm³/mol. The molecule has 0 aliphatic heterocycles. The molecule has 0 saturated carbocycles. The van der Waals surface area contributed by atoms with Gasteiger partial charge in [-0.05, 0) is 76.0 Å². The number of benzene rings is 2. The maximum Gasteiger partial charge on any atom is 0.272 e. The van der Waals surface area contributed by atoms with Crippen LogP contribution in [0.2, 0.25) is 0 Å². The Labute approximate surface area is 169 Å². The molecule has 1 N–H and O–H groups in total. The molecule has 6 heteroatoms. The van der Waals surface area contributed by atoms with Crippen LogP contribution >= 0.6 is 31.9 Å². The van der Waals surface area contributed by atoms with E-state index in [9.17, 15) is 4.79 Å². The summed E-state index contributed by atoms with van der Waals surface area (Å²) in [5.41, 5.74) is 7.28. The molecule has 1 heterocycles. The van der Waals surface area contributed by atoms with E-state index in [-0.39, 0.29) is 5.91 Å². The lowest BCUT2D eigenvalue weighted by Gasteiger charge is -2.11. The second-order valence-electron chi connectivity index (χ2n) is 5.79. The zero-order valence-corrected chi connectivity index (χ0v) is 17.5. The van der Waals surface area contributed by atoms with Gasteiger partial charge in [-0.15, -0.1) is 0 Å². The molecule has 0 aliphatic rings. The first kappa shape index (κ1) is 18.6. The molecule has 0 atom stereocenters. The van der Waals surface area contributed by atoms with Crippen LogP contribution in [0.1, 0.15) is 27.3 Å². The molecule has 0 unspecified atom stereocenters. The molecule has 4 nitrogen and oxygen atoms in total. The molecule has 26 heavy (non-hydrogen) atoms. The number of hydrogen-bond acceptors (Lipinski definition) is 2. The second-order valence-corrected chi connectivity index (χ2v) is 7.50. The van der Waals surface area contributed by atoms with Gasteiger partial charge in [0.25, 0.3) is 5.91 Å². The van der Waals surface area contributed by atoms with E-state index >= 15 is 0 Å². The summed E-state index contributed by atoms with van der Waals surface area (Å²) in [4.78, 5) is 12.2. The number of halogens is 2. The Hall–Kier alpha value is -2.18. The topological polar surface area (TPSA) is 46.4 Å². The van der Waals surface area contributed by atoms with Crippen molar-refractivity contribution >= 4 is 44.0 Å². The van der Waals surface area contributed by atoms with Crippen LogP contribution in [0.4, 0.5) is 0 Å². The molecule has 0 saturated heterocycles. The Balaban J connectivity index is 1.82. The van der Waals surface area contributed by atoms with Crippen LogP contribution in [0.15, 0.2) is 68.6 Å². The number of para-hydroxylation sites is 1. The molecule has 132 valence electrons. The molecule has 0 radical (unpaired) electrons. The summed E-state index contributed by atoms with van der Waals surface area (Å²) >= 11 is 6.97. The van der Waals surface area contributed by atoms with Gasteiger partial charge in [0.05, 0.1) is 17.5 Å². The molecule has 0 spiro atoms. The van der Waals surface area contributed by atoms with Crippen molar-refractivity contribution in [3.05, 3.63) is 86.1 Å². The summed E-state index contributed by atoms with van der Waals surface area (Å²) in [6, 6.07) is 17.3. The van der Waals surface area contributed by atoms with Crippen molar-refractivity contribution < 1.29 is 4.79 Å². The molecule has 1 amide bonds. The number of hydrogen-bond donors (Lipinski definition) is 1. The molecular weight excluding hydrogens is 458 g/mol. The van der Waals surface area contributed by atoms with Crippen LogP contribution in [-0.4, -0.2) is 16.7 Å². The average molecular weight is 475 g/mol. The molecule has 1 aromatic heterocycles. The first-order chi connectivity index (χ1) is 12.5. The third-order valence-corrected chi connectivity index (χ3v) is 5.41. The van der Waals surface area contributed by atoms with Gasteiger partial charge in [0.2, 0.25) is 0 Å². The average Bonchev–Trinajstić information content (AvgIpc) is 2.90. The highest BCUT2D eigenvalue weighted by atomic mass is 79.9. The van der Waals surface area contributed by atoms with Crippen molar-refractivity contribution in [3.63, 3.8) is 0 Å². The fraction of sp³-hybridized carbons (Fsp3) is 0.100. The molecule has 2 aromatic carbocycles. The Morgan fingerprint density at radius 1 is 1.04 bits per heavy atom. The van der Waals surface area contributed by atoms with Gasteiger partial charge in [-0.25, -0.2) is 5.43 Å². The third-order valence-electron chi connectivity index (χ3n) is 4.05. The maximum absolute atomic E-state index is 12.2. The fourth-order valence-corrected chi connectivity index (χ4v) is 3.72. The van der Waals surface area contributed by atoms with Gasteiger partial charge in [0.1, 0.15) is 0 Å². The van der Waals surface area contributed by atoms with Gasteiger partial charge < -0.3 is 4.57 Å². The summed E-state index contributed by atoms with van der Waals surface area (Å²) in [7, 11) is 0. The van der Waals surface area contributed by atoms with Crippen LogP contribution in [-0.2, 0) is 0 Å². The Morgan fingerprint density at radius 2 is 1.69 bits per heavy atom. The summed E-state index contributed by atoms with van der Waals surface area (Å²) in [5, 5.41) is 4.12. The number of carbonyl (C=O) groups is 1. The molecule has 0 fully saturated rings. The summed E-state index contributed by atoms with van der Waals surface area (Å²) in [5.74, 6) is -0.256. The largest absolute Gasteiger partial charge is 0.317 e. The molecule has 3 rings (SSSR count). The predicted octanol–water partition coefficient (Wildman–Crippen LogP) is 5.38. The smallest absolute Gasteiger partial charge is 0.272 e.